The number of carbonyl (C=O) groups excluding carboxylic acids is 1. The van der Waals surface area contributed by atoms with Crippen LogP contribution in [0.15, 0.2) is 84.9 Å². The number of amides is 1. The summed E-state index contributed by atoms with van der Waals surface area (Å²) in [6, 6.07) is 23.1. The third-order valence-corrected chi connectivity index (χ3v) is 3.89. The Kier molecular flexibility index (Phi) is 5.16. The van der Waals surface area contributed by atoms with Gasteiger partial charge in [-0.25, -0.2) is 0 Å². The molecule has 7 nitrogen and oxygen atoms in total. The molecule has 3 aromatic rings. The van der Waals surface area contributed by atoms with Crippen LogP contribution in [-0.2, 0) is 4.79 Å². The average Bonchev–Trinajstić information content (AvgIpc) is 2.71. The summed E-state index contributed by atoms with van der Waals surface area (Å²) in [6.45, 7) is 0. The summed E-state index contributed by atoms with van der Waals surface area (Å²) in [5.41, 5.74) is 10.6. The van der Waals surface area contributed by atoms with Crippen molar-refractivity contribution in [3.63, 3.8) is 0 Å². The van der Waals surface area contributed by atoms with E-state index in [1.165, 1.54) is 29.2 Å². The van der Waals surface area contributed by atoms with E-state index in [-0.39, 0.29) is 17.0 Å². The standard InChI is InChI=1S/C20H14N4O3/c21-22-19(15-11-13-18(14-12-15)24(26)27)20(25)23(16-7-3-1-4-8-16)17-9-5-2-6-10-17/h1-14H. The van der Waals surface area contributed by atoms with Crippen molar-refractivity contribution in [2.45, 2.75) is 0 Å². The number of benzene rings is 3. The van der Waals surface area contributed by atoms with Gasteiger partial charge in [-0.2, -0.15) is 4.79 Å². The van der Waals surface area contributed by atoms with Gasteiger partial charge in [0.15, 0.2) is 0 Å². The summed E-state index contributed by atoms with van der Waals surface area (Å²) in [4.78, 5) is 28.0. The van der Waals surface area contributed by atoms with Gasteiger partial charge in [0.05, 0.1) is 10.5 Å². The molecule has 132 valence electrons. The Bertz CT molecular complexity index is 973. The Balaban J connectivity index is 2.05. The maximum absolute atomic E-state index is 13.2. The largest absolute Gasteiger partial charge is 0.387 e. The fourth-order valence-electron chi connectivity index (χ4n) is 2.61. The van der Waals surface area contributed by atoms with Gasteiger partial charge in [0.1, 0.15) is 0 Å². The molecule has 3 rings (SSSR count). The molecule has 0 fully saturated rings. The third-order valence-electron chi connectivity index (χ3n) is 3.89. The fraction of sp³-hybridized carbons (Fsp3) is 0. The molecule has 0 N–H and O–H groups in total. The molecule has 0 atom stereocenters. The zero-order valence-electron chi connectivity index (χ0n) is 14.1. The van der Waals surface area contributed by atoms with Gasteiger partial charge >= 0.3 is 11.6 Å². The topological polar surface area (TPSA) is 99.9 Å². The molecule has 0 heterocycles. The number of hydrogen-bond donors (Lipinski definition) is 0. The van der Waals surface area contributed by atoms with Crippen LogP contribution in [0.3, 0.4) is 0 Å². The van der Waals surface area contributed by atoms with E-state index in [2.05, 4.69) is 4.79 Å². The molecule has 3 aromatic carbocycles. The molecule has 0 bridgehead atoms. The highest BCUT2D eigenvalue weighted by atomic mass is 16.6. The van der Waals surface area contributed by atoms with Crippen LogP contribution in [0.2, 0.25) is 0 Å². The zero-order chi connectivity index (χ0) is 19.2. The molecular formula is C20H14N4O3. The second-order valence-electron chi connectivity index (χ2n) is 5.56. The normalized spacial score (nSPS) is 9.93. The van der Waals surface area contributed by atoms with E-state index in [1.54, 1.807) is 48.5 Å². The van der Waals surface area contributed by atoms with E-state index in [1.807, 2.05) is 12.1 Å². The van der Waals surface area contributed by atoms with Gasteiger partial charge in [0.2, 0.25) is 0 Å². The Morgan fingerprint density at radius 1 is 0.852 bits per heavy atom. The van der Waals surface area contributed by atoms with Crippen LogP contribution in [0.5, 0.6) is 0 Å². The van der Waals surface area contributed by atoms with Crippen LogP contribution < -0.4 is 4.90 Å². The Hall–Kier alpha value is -4.09. The number of non-ortho nitro benzene ring substituents is 1. The number of nitro groups is 1. The van der Waals surface area contributed by atoms with Crippen molar-refractivity contribution in [2.75, 3.05) is 4.90 Å². The van der Waals surface area contributed by atoms with Gasteiger partial charge in [0.25, 0.3) is 5.69 Å². The number of anilines is 2. The van der Waals surface area contributed by atoms with E-state index < -0.39 is 10.8 Å². The highest BCUT2D eigenvalue weighted by Crippen LogP contribution is 2.26. The number of rotatable bonds is 5. The molecule has 7 heteroatoms. The lowest BCUT2D eigenvalue weighted by atomic mass is 10.1. The molecule has 0 radical (unpaired) electrons. The third kappa shape index (κ3) is 3.78. The molecule has 0 saturated heterocycles. The van der Waals surface area contributed by atoms with Crippen molar-refractivity contribution in [3.8, 4) is 0 Å². The molecule has 0 aliphatic heterocycles. The van der Waals surface area contributed by atoms with Gasteiger partial charge in [0, 0.05) is 23.5 Å². The lowest BCUT2D eigenvalue weighted by Gasteiger charge is -2.21. The van der Waals surface area contributed by atoms with Crippen molar-refractivity contribution in [2.24, 2.45) is 0 Å². The molecule has 0 saturated carbocycles. The highest BCUT2D eigenvalue weighted by molar-refractivity contribution is 6.48. The minimum Gasteiger partial charge on any atom is -0.361 e. The van der Waals surface area contributed by atoms with Crippen LogP contribution in [0.4, 0.5) is 17.1 Å². The first-order valence-corrected chi connectivity index (χ1v) is 8.03. The summed E-state index contributed by atoms with van der Waals surface area (Å²) in [6.07, 6.45) is 0. The van der Waals surface area contributed by atoms with Crippen LogP contribution in [0, 0.1) is 10.1 Å². The Morgan fingerprint density at radius 3 is 1.74 bits per heavy atom. The van der Waals surface area contributed by atoms with E-state index in [4.69, 9.17) is 0 Å². The van der Waals surface area contributed by atoms with E-state index in [0.717, 1.165) is 0 Å². The summed E-state index contributed by atoms with van der Waals surface area (Å²) in [5, 5.41) is 10.8. The second kappa shape index (κ2) is 7.86. The Labute approximate surface area is 154 Å². The van der Waals surface area contributed by atoms with Crippen molar-refractivity contribution < 1.29 is 14.5 Å². The SMILES string of the molecule is [N-]=[N+]=C(C(=O)N(c1ccccc1)c1ccccc1)c1ccc([N+](=O)[O-])cc1. The molecule has 0 aliphatic carbocycles. The number of para-hydroxylation sites is 2. The summed E-state index contributed by atoms with van der Waals surface area (Å²) in [5.74, 6) is -0.566. The Morgan fingerprint density at radius 2 is 1.33 bits per heavy atom. The zero-order valence-corrected chi connectivity index (χ0v) is 14.1. The van der Waals surface area contributed by atoms with Crippen LogP contribution in [0.1, 0.15) is 5.56 Å². The molecule has 27 heavy (non-hydrogen) atoms. The first-order valence-electron chi connectivity index (χ1n) is 8.03. The van der Waals surface area contributed by atoms with Crippen molar-refractivity contribution in [3.05, 3.63) is 106 Å². The quantitative estimate of drug-likeness (QED) is 0.227. The van der Waals surface area contributed by atoms with Gasteiger partial charge < -0.3 is 5.53 Å². The van der Waals surface area contributed by atoms with Crippen LogP contribution in [-0.4, -0.2) is 21.3 Å². The highest BCUT2D eigenvalue weighted by Gasteiger charge is 2.31. The van der Waals surface area contributed by atoms with Crippen LogP contribution >= 0.6 is 0 Å². The summed E-state index contributed by atoms with van der Waals surface area (Å²) in [7, 11) is 0. The molecule has 0 aliphatic rings. The smallest absolute Gasteiger partial charge is 0.361 e. The molecular weight excluding hydrogens is 344 g/mol. The minimum atomic E-state index is -0.566. The summed E-state index contributed by atoms with van der Waals surface area (Å²) < 4.78 is 0. The molecule has 1 amide bonds. The molecule has 0 unspecified atom stereocenters. The van der Waals surface area contributed by atoms with E-state index in [9.17, 15) is 20.4 Å². The molecule has 0 aromatic heterocycles. The predicted octanol–water partition coefficient (Wildman–Crippen LogP) is 3.98. The van der Waals surface area contributed by atoms with E-state index >= 15 is 0 Å². The minimum absolute atomic E-state index is 0.119. The van der Waals surface area contributed by atoms with E-state index in [0.29, 0.717) is 11.4 Å². The van der Waals surface area contributed by atoms with Gasteiger partial charge in [-0.05, 0) is 36.4 Å². The number of hydrogen-bond acceptors (Lipinski definition) is 3. The lowest BCUT2D eigenvalue weighted by molar-refractivity contribution is -0.384. The van der Waals surface area contributed by atoms with Crippen molar-refractivity contribution in [1.29, 1.82) is 0 Å². The maximum Gasteiger partial charge on any atom is 0.387 e. The number of carbonyl (C=O) groups is 1. The van der Waals surface area contributed by atoms with Gasteiger partial charge in [-0.3, -0.25) is 19.8 Å². The first kappa shape index (κ1) is 17.7. The van der Waals surface area contributed by atoms with Crippen molar-refractivity contribution in [1.82, 2.24) is 0 Å². The first-order chi connectivity index (χ1) is 13.1. The summed E-state index contributed by atoms with van der Waals surface area (Å²) >= 11 is 0. The predicted molar refractivity (Wildman–Crippen MR) is 101 cm³/mol. The number of nitro benzene ring substituents is 1. The monoisotopic (exact) mass is 358 g/mol. The number of nitrogens with zero attached hydrogens (tertiary/aromatic N) is 4. The van der Waals surface area contributed by atoms with Gasteiger partial charge in [-0.15, -0.1) is 0 Å². The lowest BCUT2D eigenvalue weighted by Crippen LogP contribution is -2.34. The van der Waals surface area contributed by atoms with Crippen LogP contribution in [0.25, 0.3) is 5.53 Å². The van der Waals surface area contributed by atoms with Gasteiger partial charge in [-0.1, -0.05) is 36.4 Å². The maximum atomic E-state index is 13.2. The van der Waals surface area contributed by atoms with Crippen molar-refractivity contribution >= 4 is 28.7 Å². The molecule has 0 spiro atoms. The second-order valence-corrected chi connectivity index (χ2v) is 5.56. The average molecular weight is 358 g/mol. The fourth-order valence-corrected chi connectivity index (χ4v) is 2.61.